The molecule has 0 spiro atoms. The van der Waals surface area contributed by atoms with E-state index in [2.05, 4.69) is 5.32 Å². The number of nitrogens with one attached hydrogen (secondary N) is 1. The summed E-state index contributed by atoms with van der Waals surface area (Å²) in [5, 5.41) is 12.2. The van der Waals surface area contributed by atoms with Crippen molar-refractivity contribution in [3.8, 4) is 0 Å². The molecule has 0 atom stereocenters. The van der Waals surface area contributed by atoms with Crippen molar-refractivity contribution < 1.29 is 14.6 Å². The number of aryl methyl sites for hydroxylation is 1. The van der Waals surface area contributed by atoms with Gasteiger partial charge in [0, 0.05) is 6.54 Å². The summed E-state index contributed by atoms with van der Waals surface area (Å²) in [6.45, 7) is 4.92. The minimum atomic E-state index is -0.258. The summed E-state index contributed by atoms with van der Waals surface area (Å²) in [5.41, 5.74) is 3.04. The molecule has 94 valence electrons. The predicted octanol–water partition coefficient (Wildman–Crippen LogP) is 1.14. The Kier molecular flexibility index (Phi) is 5.66. The van der Waals surface area contributed by atoms with E-state index < -0.39 is 0 Å². The molecular formula is C13H19NO3. The van der Waals surface area contributed by atoms with Crippen molar-refractivity contribution in [3.63, 3.8) is 0 Å². The van der Waals surface area contributed by atoms with Crippen molar-refractivity contribution in [1.29, 1.82) is 0 Å². The highest BCUT2D eigenvalue weighted by Gasteiger charge is 2.06. The fourth-order valence-electron chi connectivity index (χ4n) is 1.67. The van der Waals surface area contributed by atoms with Crippen molar-refractivity contribution in [1.82, 2.24) is 5.32 Å². The Morgan fingerprint density at radius 2 is 2.24 bits per heavy atom. The van der Waals surface area contributed by atoms with E-state index >= 15 is 0 Å². The zero-order valence-corrected chi connectivity index (χ0v) is 10.3. The number of rotatable bonds is 6. The smallest absolute Gasteiger partial charge is 0.319 e. The lowest BCUT2D eigenvalue weighted by Crippen LogP contribution is -2.25. The van der Waals surface area contributed by atoms with Gasteiger partial charge in [0.05, 0.1) is 19.8 Å². The minimum absolute atomic E-state index is 0.0120. The van der Waals surface area contributed by atoms with Gasteiger partial charge in [0.25, 0.3) is 0 Å². The SMILES string of the molecule is CCOC(=O)CNCc1c(C)cccc1CO. The van der Waals surface area contributed by atoms with Crippen LogP contribution in [0.15, 0.2) is 18.2 Å². The second kappa shape index (κ2) is 7.04. The van der Waals surface area contributed by atoms with Crippen LogP contribution in [0.1, 0.15) is 23.6 Å². The van der Waals surface area contributed by atoms with E-state index in [1.807, 2.05) is 25.1 Å². The summed E-state index contributed by atoms with van der Waals surface area (Å²) in [6, 6.07) is 5.78. The van der Waals surface area contributed by atoms with Crippen LogP contribution in [0.25, 0.3) is 0 Å². The molecule has 1 aromatic carbocycles. The molecule has 0 aliphatic rings. The first-order valence-corrected chi connectivity index (χ1v) is 5.73. The first-order valence-electron chi connectivity index (χ1n) is 5.73. The maximum absolute atomic E-state index is 11.1. The van der Waals surface area contributed by atoms with Crippen molar-refractivity contribution in [3.05, 3.63) is 34.9 Å². The second-order valence-electron chi connectivity index (χ2n) is 3.78. The molecule has 2 N–H and O–H groups in total. The van der Waals surface area contributed by atoms with Gasteiger partial charge in [0.1, 0.15) is 0 Å². The molecule has 0 saturated heterocycles. The zero-order valence-electron chi connectivity index (χ0n) is 10.3. The lowest BCUT2D eigenvalue weighted by atomic mass is 10.0. The van der Waals surface area contributed by atoms with E-state index in [9.17, 15) is 9.90 Å². The molecule has 0 radical (unpaired) electrons. The van der Waals surface area contributed by atoms with Gasteiger partial charge in [-0.2, -0.15) is 0 Å². The standard InChI is InChI=1S/C13H19NO3/c1-3-17-13(16)8-14-7-12-10(2)5-4-6-11(12)9-15/h4-6,14-15H,3,7-9H2,1-2H3. The molecule has 4 nitrogen and oxygen atoms in total. The van der Waals surface area contributed by atoms with E-state index in [-0.39, 0.29) is 19.1 Å². The van der Waals surface area contributed by atoms with Crippen molar-refractivity contribution >= 4 is 5.97 Å². The van der Waals surface area contributed by atoms with Gasteiger partial charge in [-0.05, 0) is 30.5 Å². The highest BCUT2D eigenvalue weighted by molar-refractivity contribution is 5.71. The van der Waals surface area contributed by atoms with Crippen LogP contribution in [0, 0.1) is 6.92 Å². The lowest BCUT2D eigenvalue weighted by molar-refractivity contribution is -0.142. The summed E-state index contributed by atoms with van der Waals surface area (Å²) >= 11 is 0. The molecule has 0 aliphatic carbocycles. The van der Waals surface area contributed by atoms with Crippen molar-refractivity contribution in [2.75, 3.05) is 13.2 Å². The van der Waals surface area contributed by atoms with Crippen LogP contribution in [0.4, 0.5) is 0 Å². The van der Waals surface area contributed by atoms with Crippen LogP contribution >= 0.6 is 0 Å². The average Bonchev–Trinajstić information content (AvgIpc) is 2.31. The number of aliphatic hydroxyl groups excluding tert-OH is 1. The largest absolute Gasteiger partial charge is 0.465 e. The van der Waals surface area contributed by atoms with Crippen LogP contribution in [-0.2, 0) is 22.7 Å². The topological polar surface area (TPSA) is 58.6 Å². The summed E-state index contributed by atoms with van der Waals surface area (Å²) in [4.78, 5) is 11.1. The molecule has 0 aromatic heterocycles. The Hall–Kier alpha value is -1.39. The highest BCUT2D eigenvalue weighted by Crippen LogP contribution is 2.13. The zero-order chi connectivity index (χ0) is 12.7. The number of ether oxygens (including phenoxy) is 1. The Bertz CT molecular complexity index is 377. The number of benzene rings is 1. The molecule has 0 bridgehead atoms. The van der Waals surface area contributed by atoms with E-state index in [4.69, 9.17) is 4.74 Å². The van der Waals surface area contributed by atoms with Gasteiger partial charge in [-0.15, -0.1) is 0 Å². The molecule has 0 unspecified atom stereocenters. The van der Waals surface area contributed by atoms with E-state index in [0.717, 1.165) is 16.7 Å². The molecule has 0 amide bonds. The Morgan fingerprint density at radius 3 is 2.88 bits per heavy atom. The maximum Gasteiger partial charge on any atom is 0.319 e. The van der Waals surface area contributed by atoms with Crippen molar-refractivity contribution in [2.45, 2.75) is 27.0 Å². The Morgan fingerprint density at radius 1 is 1.47 bits per heavy atom. The van der Waals surface area contributed by atoms with E-state index in [1.165, 1.54) is 0 Å². The summed E-state index contributed by atoms with van der Waals surface area (Å²) in [6.07, 6.45) is 0. The molecule has 1 rings (SSSR count). The van der Waals surface area contributed by atoms with E-state index in [0.29, 0.717) is 13.2 Å². The van der Waals surface area contributed by atoms with Crippen molar-refractivity contribution in [2.24, 2.45) is 0 Å². The molecule has 0 fully saturated rings. The quantitative estimate of drug-likeness (QED) is 0.728. The highest BCUT2D eigenvalue weighted by atomic mass is 16.5. The molecule has 17 heavy (non-hydrogen) atoms. The normalized spacial score (nSPS) is 10.3. The number of hydrogen-bond acceptors (Lipinski definition) is 4. The first-order chi connectivity index (χ1) is 8.19. The van der Waals surface area contributed by atoms with Crippen LogP contribution in [0.5, 0.6) is 0 Å². The Balaban J connectivity index is 2.54. The molecule has 1 aromatic rings. The van der Waals surface area contributed by atoms with Gasteiger partial charge in [-0.25, -0.2) is 0 Å². The third-order valence-corrected chi connectivity index (χ3v) is 2.55. The summed E-state index contributed by atoms with van der Waals surface area (Å²) < 4.78 is 4.82. The molecule has 0 aliphatic heterocycles. The number of carbonyl (C=O) groups excluding carboxylic acids is 1. The van der Waals surface area contributed by atoms with Crippen LogP contribution in [0.2, 0.25) is 0 Å². The first kappa shape index (κ1) is 13.7. The van der Waals surface area contributed by atoms with Gasteiger partial charge >= 0.3 is 5.97 Å². The van der Waals surface area contributed by atoms with Gasteiger partial charge in [-0.1, -0.05) is 18.2 Å². The van der Waals surface area contributed by atoms with Crippen LogP contribution < -0.4 is 5.32 Å². The monoisotopic (exact) mass is 237 g/mol. The van der Waals surface area contributed by atoms with Gasteiger partial charge in [-0.3, -0.25) is 4.79 Å². The van der Waals surface area contributed by atoms with Gasteiger partial charge < -0.3 is 15.2 Å². The minimum Gasteiger partial charge on any atom is -0.465 e. The average molecular weight is 237 g/mol. The lowest BCUT2D eigenvalue weighted by Gasteiger charge is -2.11. The van der Waals surface area contributed by atoms with Crippen LogP contribution in [0.3, 0.4) is 0 Å². The fraction of sp³-hybridized carbons (Fsp3) is 0.462. The number of esters is 1. The fourth-order valence-corrected chi connectivity index (χ4v) is 1.67. The molecule has 4 heteroatoms. The van der Waals surface area contributed by atoms with Gasteiger partial charge in [0.2, 0.25) is 0 Å². The predicted molar refractivity (Wildman–Crippen MR) is 65.4 cm³/mol. The number of hydrogen-bond donors (Lipinski definition) is 2. The third kappa shape index (κ3) is 4.17. The van der Waals surface area contributed by atoms with E-state index in [1.54, 1.807) is 6.92 Å². The maximum atomic E-state index is 11.1. The molecular weight excluding hydrogens is 218 g/mol. The summed E-state index contributed by atoms with van der Waals surface area (Å²) in [5.74, 6) is -0.258. The number of aliphatic hydroxyl groups is 1. The summed E-state index contributed by atoms with van der Waals surface area (Å²) in [7, 11) is 0. The van der Waals surface area contributed by atoms with Gasteiger partial charge in [0.15, 0.2) is 0 Å². The Labute approximate surface area is 102 Å². The third-order valence-electron chi connectivity index (χ3n) is 2.55. The molecule has 0 heterocycles. The molecule has 0 saturated carbocycles. The second-order valence-corrected chi connectivity index (χ2v) is 3.78. The van der Waals surface area contributed by atoms with Crippen LogP contribution in [-0.4, -0.2) is 24.2 Å². The number of carbonyl (C=O) groups is 1.